The fourth-order valence-corrected chi connectivity index (χ4v) is 1.58. The first-order chi connectivity index (χ1) is 9.90. The van der Waals surface area contributed by atoms with Crippen LogP contribution in [-0.2, 0) is 20.9 Å². The molecule has 7 nitrogen and oxygen atoms in total. The predicted octanol–water partition coefficient (Wildman–Crippen LogP) is 1.48. The van der Waals surface area contributed by atoms with Crippen molar-refractivity contribution in [3.05, 3.63) is 35.9 Å². The summed E-state index contributed by atoms with van der Waals surface area (Å²) in [4.78, 5) is 33.3. The third-order valence-corrected chi connectivity index (χ3v) is 2.81. The van der Waals surface area contributed by atoms with Crippen molar-refractivity contribution in [1.29, 1.82) is 0 Å². The van der Waals surface area contributed by atoms with E-state index in [1.807, 2.05) is 6.07 Å². The minimum absolute atomic E-state index is 0.00744. The third-order valence-electron chi connectivity index (χ3n) is 2.81. The van der Waals surface area contributed by atoms with Crippen LogP contribution in [0.5, 0.6) is 0 Å². The van der Waals surface area contributed by atoms with Crippen LogP contribution in [-0.4, -0.2) is 34.3 Å². The zero-order valence-electron chi connectivity index (χ0n) is 11.5. The molecule has 2 atom stereocenters. The maximum absolute atomic E-state index is 11.5. The molecule has 114 valence electrons. The number of carbonyl (C=O) groups is 3. The van der Waals surface area contributed by atoms with Crippen LogP contribution in [0.25, 0.3) is 0 Å². The fraction of sp³-hybridized carbons (Fsp3) is 0.357. The molecule has 0 aliphatic rings. The zero-order chi connectivity index (χ0) is 15.8. The normalized spacial score (nSPS) is 13.0. The summed E-state index contributed by atoms with van der Waals surface area (Å²) >= 11 is 0. The lowest BCUT2D eigenvalue weighted by Gasteiger charge is -2.16. The maximum atomic E-state index is 11.5. The molecular formula is C14H17NO6. The van der Waals surface area contributed by atoms with Crippen LogP contribution in [0, 0.1) is 5.92 Å². The number of hydrogen-bond donors (Lipinski definition) is 3. The van der Waals surface area contributed by atoms with Gasteiger partial charge < -0.3 is 20.3 Å². The summed E-state index contributed by atoms with van der Waals surface area (Å²) in [6, 6.07) is 7.59. The lowest BCUT2D eigenvalue weighted by molar-refractivity contribution is -0.143. The van der Waals surface area contributed by atoms with Crippen molar-refractivity contribution >= 4 is 18.0 Å². The van der Waals surface area contributed by atoms with Gasteiger partial charge in [-0.25, -0.2) is 9.59 Å². The van der Waals surface area contributed by atoms with E-state index in [0.29, 0.717) is 0 Å². The van der Waals surface area contributed by atoms with Gasteiger partial charge in [-0.2, -0.15) is 0 Å². The molecule has 1 amide bonds. The van der Waals surface area contributed by atoms with Crippen molar-refractivity contribution in [2.75, 3.05) is 0 Å². The standard InChI is InChI=1S/C14H17NO6/c1-9(12(16)17)7-11(13(18)19)15-14(20)21-8-10-5-3-2-4-6-10/h2-6,9,11H,7-8H2,1H3,(H,15,20)(H,16,17)(H,18,19)/t9?,11-/m0/s1. The SMILES string of the molecule is CC(C[C@H](NC(=O)OCc1ccccc1)C(=O)O)C(=O)O. The van der Waals surface area contributed by atoms with Gasteiger partial charge in [-0.15, -0.1) is 0 Å². The highest BCUT2D eigenvalue weighted by molar-refractivity contribution is 5.81. The zero-order valence-corrected chi connectivity index (χ0v) is 11.5. The Hall–Kier alpha value is -2.57. The molecule has 7 heteroatoms. The molecule has 1 rings (SSSR count). The Kier molecular flexibility index (Phi) is 6.19. The Balaban J connectivity index is 2.49. The van der Waals surface area contributed by atoms with Gasteiger partial charge >= 0.3 is 18.0 Å². The minimum atomic E-state index is -1.31. The van der Waals surface area contributed by atoms with Crippen LogP contribution in [0.15, 0.2) is 30.3 Å². The lowest BCUT2D eigenvalue weighted by Crippen LogP contribution is -2.42. The van der Waals surface area contributed by atoms with Crippen molar-refractivity contribution in [3.8, 4) is 0 Å². The average molecular weight is 295 g/mol. The van der Waals surface area contributed by atoms with E-state index in [9.17, 15) is 14.4 Å². The van der Waals surface area contributed by atoms with Gasteiger partial charge in [0.25, 0.3) is 0 Å². The highest BCUT2D eigenvalue weighted by Crippen LogP contribution is 2.07. The number of amides is 1. The Bertz CT molecular complexity index is 501. The molecule has 0 heterocycles. The van der Waals surface area contributed by atoms with E-state index in [1.165, 1.54) is 6.92 Å². The molecule has 1 aromatic rings. The average Bonchev–Trinajstić information content (AvgIpc) is 2.45. The van der Waals surface area contributed by atoms with Crippen molar-refractivity contribution in [1.82, 2.24) is 5.32 Å². The van der Waals surface area contributed by atoms with Gasteiger partial charge in [-0.3, -0.25) is 4.79 Å². The molecule has 1 unspecified atom stereocenters. The Labute approximate surface area is 121 Å². The van der Waals surface area contributed by atoms with Gasteiger partial charge in [0, 0.05) is 0 Å². The second-order valence-corrected chi connectivity index (χ2v) is 4.57. The summed E-state index contributed by atoms with van der Waals surface area (Å²) in [6.45, 7) is 1.38. The predicted molar refractivity (Wildman–Crippen MR) is 72.6 cm³/mol. The molecule has 0 aliphatic carbocycles. The quantitative estimate of drug-likeness (QED) is 0.702. The van der Waals surface area contributed by atoms with Crippen molar-refractivity contribution in [3.63, 3.8) is 0 Å². The second kappa shape index (κ2) is 7.88. The molecule has 0 aliphatic heterocycles. The van der Waals surface area contributed by atoms with E-state index in [1.54, 1.807) is 24.3 Å². The number of carboxylic acid groups (broad SMARTS) is 2. The molecule has 0 fully saturated rings. The van der Waals surface area contributed by atoms with Gasteiger partial charge in [-0.1, -0.05) is 37.3 Å². The van der Waals surface area contributed by atoms with Crippen LogP contribution < -0.4 is 5.32 Å². The summed E-state index contributed by atoms with van der Waals surface area (Å²) in [5.74, 6) is -3.32. The number of aliphatic carboxylic acids is 2. The molecule has 0 bridgehead atoms. The number of nitrogens with one attached hydrogen (secondary N) is 1. The van der Waals surface area contributed by atoms with Gasteiger partial charge in [-0.05, 0) is 12.0 Å². The van der Waals surface area contributed by atoms with Gasteiger partial charge in [0.2, 0.25) is 0 Å². The third kappa shape index (κ3) is 5.94. The molecular weight excluding hydrogens is 278 g/mol. The van der Waals surface area contributed by atoms with Gasteiger partial charge in [0.05, 0.1) is 5.92 Å². The number of hydrogen-bond acceptors (Lipinski definition) is 4. The Morgan fingerprint density at radius 2 is 1.76 bits per heavy atom. The van der Waals surface area contributed by atoms with Crippen LogP contribution in [0.3, 0.4) is 0 Å². The number of alkyl carbamates (subject to hydrolysis) is 1. The summed E-state index contributed by atoms with van der Waals surface area (Å²) in [5, 5.41) is 19.9. The first-order valence-corrected chi connectivity index (χ1v) is 6.33. The number of carboxylic acids is 2. The maximum Gasteiger partial charge on any atom is 0.408 e. The Morgan fingerprint density at radius 3 is 2.29 bits per heavy atom. The number of benzene rings is 1. The summed E-state index contributed by atoms with van der Waals surface area (Å²) in [6.07, 6.45) is -1.12. The molecule has 21 heavy (non-hydrogen) atoms. The first-order valence-electron chi connectivity index (χ1n) is 6.33. The largest absolute Gasteiger partial charge is 0.481 e. The molecule has 0 radical (unpaired) electrons. The minimum Gasteiger partial charge on any atom is -0.481 e. The van der Waals surface area contributed by atoms with E-state index in [0.717, 1.165) is 5.56 Å². The summed E-state index contributed by atoms with van der Waals surface area (Å²) in [5.41, 5.74) is 0.762. The van der Waals surface area contributed by atoms with E-state index < -0.39 is 30.0 Å². The number of ether oxygens (including phenoxy) is 1. The van der Waals surface area contributed by atoms with E-state index in [4.69, 9.17) is 14.9 Å². The number of carbonyl (C=O) groups excluding carboxylic acids is 1. The van der Waals surface area contributed by atoms with Crippen LogP contribution in [0.1, 0.15) is 18.9 Å². The Morgan fingerprint density at radius 1 is 1.14 bits per heavy atom. The molecule has 0 saturated heterocycles. The van der Waals surface area contributed by atoms with Crippen molar-refractivity contribution < 1.29 is 29.3 Å². The highest BCUT2D eigenvalue weighted by atomic mass is 16.5. The van der Waals surface area contributed by atoms with Crippen LogP contribution >= 0.6 is 0 Å². The van der Waals surface area contributed by atoms with Gasteiger partial charge in [0.1, 0.15) is 12.6 Å². The van der Waals surface area contributed by atoms with E-state index in [2.05, 4.69) is 5.32 Å². The highest BCUT2D eigenvalue weighted by Gasteiger charge is 2.26. The molecule has 1 aromatic carbocycles. The summed E-state index contributed by atoms with van der Waals surface area (Å²) in [7, 11) is 0. The van der Waals surface area contributed by atoms with E-state index >= 15 is 0 Å². The topological polar surface area (TPSA) is 113 Å². The van der Waals surface area contributed by atoms with Crippen LogP contribution in [0.4, 0.5) is 4.79 Å². The second-order valence-electron chi connectivity index (χ2n) is 4.57. The van der Waals surface area contributed by atoms with Crippen molar-refractivity contribution in [2.24, 2.45) is 5.92 Å². The molecule has 0 aromatic heterocycles. The fourth-order valence-electron chi connectivity index (χ4n) is 1.58. The monoisotopic (exact) mass is 295 g/mol. The van der Waals surface area contributed by atoms with Crippen molar-refractivity contribution in [2.45, 2.75) is 26.0 Å². The van der Waals surface area contributed by atoms with Crippen LogP contribution in [0.2, 0.25) is 0 Å². The summed E-state index contributed by atoms with van der Waals surface area (Å²) < 4.78 is 4.89. The van der Waals surface area contributed by atoms with E-state index in [-0.39, 0.29) is 13.0 Å². The molecule has 3 N–H and O–H groups in total. The van der Waals surface area contributed by atoms with Gasteiger partial charge in [0.15, 0.2) is 0 Å². The molecule has 0 saturated carbocycles. The smallest absolute Gasteiger partial charge is 0.408 e. The molecule has 0 spiro atoms. The first kappa shape index (κ1) is 16.5. The number of rotatable bonds is 7. The lowest BCUT2D eigenvalue weighted by atomic mass is 10.0.